The van der Waals surface area contributed by atoms with Gasteiger partial charge >= 0.3 is 17.8 Å². The minimum Gasteiger partial charge on any atom is -0.456 e. The van der Waals surface area contributed by atoms with Crippen LogP contribution in [0.25, 0.3) is 0 Å². The van der Waals surface area contributed by atoms with Gasteiger partial charge in [-0.25, -0.2) is 14.4 Å². The maximum absolute atomic E-state index is 12.6. The topological polar surface area (TPSA) is 172 Å². The van der Waals surface area contributed by atoms with Crippen molar-refractivity contribution in [2.24, 2.45) is 5.92 Å². The second kappa shape index (κ2) is 9.87. The van der Waals surface area contributed by atoms with Gasteiger partial charge < -0.3 is 19.5 Å². The smallest absolute Gasteiger partial charge is 0.407 e. The first kappa shape index (κ1) is 24.6. The maximum atomic E-state index is 12.6. The molecular weight excluding hydrogens is 452 g/mol. The number of esters is 1. The van der Waals surface area contributed by atoms with E-state index in [0.717, 1.165) is 4.57 Å². The molecule has 13 heteroatoms. The quantitative estimate of drug-likeness (QED) is 0.353. The fourth-order valence-electron chi connectivity index (χ4n) is 3.72. The van der Waals surface area contributed by atoms with Gasteiger partial charge in [-0.15, -0.1) is 0 Å². The van der Waals surface area contributed by atoms with Crippen molar-refractivity contribution < 1.29 is 28.7 Å². The van der Waals surface area contributed by atoms with Crippen LogP contribution in [0.5, 0.6) is 0 Å². The first-order valence-corrected chi connectivity index (χ1v) is 10.3. The summed E-state index contributed by atoms with van der Waals surface area (Å²) >= 11 is 0. The molecule has 2 aromatic rings. The van der Waals surface area contributed by atoms with Crippen molar-refractivity contribution in [2.45, 2.75) is 45.3 Å². The van der Waals surface area contributed by atoms with E-state index in [0.29, 0.717) is 0 Å². The number of nitrogens with one attached hydrogen (secondary N) is 2. The number of amides is 1. The molecule has 3 rings (SSSR count). The van der Waals surface area contributed by atoms with Crippen LogP contribution in [0.3, 0.4) is 0 Å². The summed E-state index contributed by atoms with van der Waals surface area (Å²) < 4.78 is 18.1. The molecule has 2 heterocycles. The number of alkyl carbamates (subject to hydrolysis) is 1. The fraction of sp³-hybridized carbons (Fsp3) is 0.429. The van der Waals surface area contributed by atoms with E-state index in [1.54, 1.807) is 13.8 Å². The van der Waals surface area contributed by atoms with E-state index in [1.165, 1.54) is 44.4 Å². The van der Waals surface area contributed by atoms with Crippen LogP contribution in [0.15, 0.2) is 40.1 Å². The highest BCUT2D eigenvalue weighted by Gasteiger charge is 2.49. The Bertz CT molecular complexity index is 1200. The number of carbonyl (C=O) groups excluding carboxylic acids is 2. The lowest BCUT2D eigenvalue weighted by atomic mass is 9.96. The standard InChI is InChI=1S/C21H24N4O9/c1-10-9-24(20(28)23-17(10)26)18-16(34-21(29)22-4)11(2)15(33-18)12(3)32-19(27)13-5-7-14(8-6-13)25(30)31/h5-9,11-12,15-16,18H,1-4H3,(H,22,29)(H,23,26,28)/t11-,12+,15+,16-,18-/m1/s1. The Morgan fingerprint density at radius 3 is 2.50 bits per heavy atom. The Hall–Kier alpha value is -4.00. The predicted molar refractivity (Wildman–Crippen MR) is 116 cm³/mol. The number of nitro groups is 1. The largest absolute Gasteiger partial charge is 0.456 e. The molecule has 1 aliphatic heterocycles. The Morgan fingerprint density at radius 1 is 1.26 bits per heavy atom. The van der Waals surface area contributed by atoms with E-state index in [1.807, 2.05) is 0 Å². The molecule has 2 N–H and O–H groups in total. The summed E-state index contributed by atoms with van der Waals surface area (Å²) in [5, 5.41) is 13.1. The molecule has 0 spiro atoms. The number of hydrogen-bond donors (Lipinski definition) is 2. The van der Waals surface area contributed by atoms with Gasteiger partial charge in [0.15, 0.2) is 12.3 Å². The lowest BCUT2D eigenvalue weighted by Gasteiger charge is -2.23. The average molecular weight is 476 g/mol. The van der Waals surface area contributed by atoms with E-state index in [4.69, 9.17) is 14.2 Å². The highest BCUT2D eigenvalue weighted by atomic mass is 16.6. The van der Waals surface area contributed by atoms with Gasteiger partial charge in [0.25, 0.3) is 11.2 Å². The van der Waals surface area contributed by atoms with Gasteiger partial charge in [-0.05, 0) is 26.0 Å². The van der Waals surface area contributed by atoms with E-state index in [2.05, 4.69) is 10.3 Å². The maximum Gasteiger partial charge on any atom is 0.407 e. The molecule has 34 heavy (non-hydrogen) atoms. The fourth-order valence-corrected chi connectivity index (χ4v) is 3.72. The second-order valence-corrected chi connectivity index (χ2v) is 7.86. The number of nitrogens with zero attached hydrogens (tertiary/aromatic N) is 2. The SMILES string of the molecule is CNC(=O)O[C@@H]1[C@H](C)[C@@H]([C@H](C)OC(=O)c2ccc([N+](=O)[O-])cc2)O[C@H]1n1cc(C)c(=O)[nH]c1=O. The van der Waals surface area contributed by atoms with Crippen molar-refractivity contribution in [3.8, 4) is 0 Å². The Kier molecular flexibility index (Phi) is 7.15. The van der Waals surface area contributed by atoms with Crippen molar-refractivity contribution in [1.82, 2.24) is 14.9 Å². The highest BCUT2D eigenvalue weighted by molar-refractivity contribution is 5.89. The molecule has 182 valence electrons. The molecule has 5 atom stereocenters. The van der Waals surface area contributed by atoms with Gasteiger partial charge in [0.1, 0.15) is 12.2 Å². The second-order valence-electron chi connectivity index (χ2n) is 7.86. The third-order valence-electron chi connectivity index (χ3n) is 5.55. The normalized spacial score (nSPS) is 22.6. The minimum atomic E-state index is -1.10. The molecule has 0 aliphatic carbocycles. The molecule has 1 aromatic heterocycles. The zero-order valence-corrected chi connectivity index (χ0v) is 18.8. The van der Waals surface area contributed by atoms with E-state index in [-0.39, 0.29) is 16.8 Å². The Morgan fingerprint density at radius 2 is 1.91 bits per heavy atom. The number of carbonyl (C=O) groups is 2. The monoisotopic (exact) mass is 476 g/mol. The van der Waals surface area contributed by atoms with Crippen LogP contribution in [0.1, 0.15) is 36.0 Å². The number of aromatic nitrogens is 2. The van der Waals surface area contributed by atoms with Crippen LogP contribution in [0, 0.1) is 23.0 Å². The lowest BCUT2D eigenvalue weighted by molar-refractivity contribution is -0.384. The predicted octanol–water partition coefficient (Wildman–Crippen LogP) is 1.26. The third-order valence-corrected chi connectivity index (χ3v) is 5.55. The molecule has 0 bridgehead atoms. The zero-order valence-electron chi connectivity index (χ0n) is 18.8. The molecule has 0 saturated carbocycles. The van der Waals surface area contributed by atoms with Gasteiger partial charge in [0, 0.05) is 36.9 Å². The van der Waals surface area contributed by atoms with Crippen molar-refractivity contribution >= 4 is 17.7 Å². The molecule has 1 saturated heterocycles. The summed E-state index contributed by atoms with van der Waals surface area (Å²) in [4.78, 5) is 61.1. The first-order chi connectivity index (χ1) is 16.0. The van der Waals surface area contributed by atoms with E-state index >= 15 is 0 Å². The van der Waals surface area contributed by atoms with E-state index in [9.17, 15) is 29.3 Å². The van der Waals surface area contributed by atoms with Crippen molar-refractivity contribution in [3.63, 3.8) is 0 Å². The molecule has 13 nitrogen and oxygen atoms in total. The van der Waals surface area contributed by atoms with Crippen LogP contribution < -0.4 is 16.6 Å². The third kappa shape index (κ3) is 4.98. The van der Waals surface area contributed by atoms with Gasteiger partial charge in [-0.3, -0.25) is 24.5 Å². The molecular formula is C21H24N4O9. The van der Waals surface area contributed by atoms with Gasteiger partial charge in [-0.2, -0.15) is 0 Å². The Balaban J connectivity index is 1.85. The number of rotatable bonds is 6. The van der Waals surface area contributed by atoms with Gasteiger partial charge in [0.05, 0.1) is 10.5 Å². The summed E-state index contributed by atoms with van der Waals surface area (Å²) in [6, 6.07) is 4.92. The van der Waals surface area contributed by atoms with Crippen LogP contribution in [0.2, 0.25) is 0 Å². The Labute approximate surface area is 192 Å². The number of H-pyrrole nitrogens is 1. The molecule has 0 radical (unpaired) electrons. The van der Waals surface area contributed by atoms with Crippen LogP contribution in [-0.2, 0) is 14.2 Å². The molecule has 1 fully saturated rings. The molecule has 1 aromatic carbocycles. The lowest BCUT2D eigenvalue weighted by Crippen LogP contribution is -2.40. The zero-order chi connectivity index (χ0) is 25.2. The number of nitro benzene ring substituents is 1. The minimum absolute atomic E-state index is 0.102. The first-order valence-electron chi connectivity index (χ1n) is 10.3. The highest BCUT2D eigenvalue weighted by Crippen LogP contribution is 2.37. The summed E-state index contributed by atoms with van der Waals surface area (Å²) in [6.07, 6.45) is -3.14. The number of hydrogen-bond acceptors (Lipinski definition) is 9. The molecule has 1 aliphatic rings. The van der Waals surface area contributed by atoms with Crippen molar-refractivity contribution in [1.29, 1.82) is 0 Å². The van der Waals surface area contributed by atoms with Crippen LogP contribution in [0.4, 0.5) is 10.5 Å². The van der Waals surface area contributed by atoms with Crippen LogP contribution >= 0.6 is 0 Å². The molecule has 1 amide bonds. The molecule has 0 unspecified atom stereocenters. The summed E-state index contributed by atoms with van der Waals surface area (Å²) in [7, 11) is 1.38. The summed E-state index contributed by atoms with van der Waals surface area (Å²) in [5.41, 5.74) is -1.13. The average Bonchev–Trinajstić information content (AvgIpc) is 3.12. The van der Waals surface area contributed by atoms with E-state index < -0.39 is 58.7 Å². The van der Waals surface area contributed by atoms with Crippen LogP contribution in [-0.4, -0.2) is 51.9 Å². The number of aryl methyl sites for hydroxylation is 1. The number of aromatic amines is 1. The van der Waals surface area contributed by atoms with Gasteiger partial charge in [0.2, 0.25) is 0 Å². The van der Waals surface area contributed by atoms with Crippen molar-refractivity contribution in [2.75, 3.05) is 7.05 Å². The summed E-state index contributed by atoms with van der Waals surface area (Å²) in [5.74, 6) is -1.26. The van der Waals surface area contributed by atoms with Gasteiger partial charge in [-0.1, -0.05) is 6.92 Å². The number of benzene rings is 1. The summed E-state index contributed by atoms with van der Waals surface area (Å²) in [6.45, 7) is 4.79. The number of ether oxygens (including phenoxy) is 3. The number of non-ortho nitro benzene ring substituents is 1. The van der Waals surface area contributed by atoms with Crippen molar-refractivity contribution in [3.05, 3.63) is 72.5 Å².